The molecule has 28 heavy (non-hydrogen) atoms. The van der Waals surface area contributed by atoms with Crippen molar-refractivity contribution in [3.63, 3.8) is 0 Å². The maximum atomic E-state index is 12.3. The first-order valence-electron chi connectivity index (χ1n) is 8.72. The monoisotopic (exact) mass is 398 g/mol. The average molecular weight is 398 g/mol. The molecule has 10 heteroatoms. The van der Waals surface area contributed by atoms with Gasteiger partial charge >= 0.3 is 0 Å². The van der Waals surface area contributed by atoms with E-state index in [9.17, 15) is 9.59 Å². The van der Waals surface area contributed by atoms with Crippen LogP contribution in [0.2, 0.25) is 0 Å². The van der Waals surface area contributed by atoms with Crippen LogP contribution < -0.4 is 10.2 Å². The Labute approximate surface area is 165 Å². The van der Waals surface area contributed by atoms with Gasteiger partial charge in [0.2, 0.25) is 17.0 Å². The van der Waals surface area contributed by atoms with Crippen LogP contribution in [0, 0.1) is 0 Å². The number of furan rings is 1. The number of aromatic nitrogens is 4. The number of tetrazole rings is 1. The van der Waals surface area contributed by atoms with Gasteiger partial charge in [-0.1, -0.05) is 11.8 Å². The Balaban J connectivity index is 1.35. The number of carbonyl (C=O) groups is 2. The predicted octanol–water partition coefficient (Wildman–Crippen LogP) is 1.95. The molecule has 0 saturated heterocycles. The van der Waals surface area contributed by atoms with Gasteiger partial charge in [0.1, 0.15) is 12.3 Å². The van der Waals surface area contributed by atoms with Crippen LogP contribution >= 0.6 is 11.8 Å². The fourth-order valence-corrected chi connectivity index (χ4v) is 3.76. The van der Waals surface area contributed by atoms with Crippen LogP contribution in [0.25, 0.3) is 0 Å². The van der Waals surface area contributed by atoms with Crippen molar-refractivity contribution >= 4 is 35.0 Å². The Morgan fingerprint density at radius 1 is 1.32 bits per heavy atom. The quantitative estimate of drug-likeness (QED) is 0.633. The molecule has 1 N–H and O–H groups in total. The van der Waals surface area contributed by atoms with Crippen LogP contribution in [0.15, 0.2) is 46.2 Å². The van der Waals surface area contributed by atoms with E-state index in [1.54, 1.807) is 28.8 Å². The fraction of sp³-hybridized carbons (Fsp3) is 0.278. The molecule has 0 radical (unpaired) electrons. The van der Waals surface area contributed by atoms with Crippen molar-refractivity contribution in [1.82, 2.24) is 20.2 Å². The maximum Gasteiger partial charge on any atom is 0.234 e. The number of hydrogen-bond donors (Lipinski definition) is 1. The highest BCUT2D eigenvalue weighted by Gasteiger charge is 2.22. The molecule has 0 atom stereocenters. The van der Waals surface area contributed by atoms with Crippen LogP contribution in [0.5, 0.6) is 0 Å². The minimum absolute atomic E-state index is 0.0270. The van der Waals surface area contributed by atoms with Crippen LogP contribution in [0.1, 0.15) is 18.2 Å². The van der Waals surface area contributed by atoms with Crippen LogP contribution in [-0.2, 0) is 22.6 Å². The molecule has 144 valence electrons. The summed E-state index contributed by atoms with van der Waals surface area (Å²) in [6.45, 7) is 2.64. The van der Waals surface area contributed by atoms with Crippen molar-refractivity contribution in [3.05, 3.63) is 47.9 Å². The largest absolute Gasteiger partial charge is 0.467 e. The molecule has 3 aromatic rings. The molecule has 9 nitrogen and oxygen atoms in total. The van der Waals surface area contributed by atoms with Crippen LogP contribution in [0.3, 0.4) is 0 Å². The second-order valence-corrected chi connectivity index (χ2v) is 7.24. The number of anilines is 2. The standard InChI is InChI=1S/C18H18N6O3S/c1-12(25)23-7-6-13-9-14(4-5-16(13)23)19-17(26)11-28-18-20-21-22-24(18)10-15-3-2-8-27-15/h2-5,8-9H,6-7,10-11H2,1H3,(H,19,26). The van der Waals surface area contributed by atoms with Crippen molar-refractivity contribution < 1.29 is 14.0 Å². The Kier molecular flexibility index (Phi) is 5.11. The number of amides is 2. The van der Waals surface area contributed by atoms with Gasteiger partial charge in [0.05, 0.1) is 12.0 Å². The molecule has 1 aliphatic rings. The first kappa shape index (κ1) is 18.2. The van der Waals surface area contributed by atoms with E-state index >= 15 is 0 Å². The molecule has 2 aromatic heterocycles. The minimum Gasteiger partial charge on any atom is -0.467 e. The van der Waals surface area contributed by atoms with Crippen molar-refractivity contribution in [2.75, 3.05) is 22.5 Å². The molecule has 0 saturated carbocycles. The van der Waals surface area contributed by atoms with Crippen LogP contribution in [0.4, 0.5) is 11.4 Å². The van der Waals surface area contributed by atoms with E-state index in [0.717, 1.165) is 23.4 Å². The zero-order chi connectivity index (χ0) is 19.5. The Morgan fingerprint density at radius 2 is 2.21 bits per heavy atom. The summed E-state index contributed by atoms with van der Waals surface area (Å²) in [6.07, 6.45) is 2.38. The predicted molar refractivity (Wildman–Crippen MR) is 103 cm³/mol. The van der Waals surface area contributed by atoms with E-state index in [1.165, 1.54) is 11.8 Å². The fourth-order valence-electron chi connectivity index (χ4n) is 3.08. The summed E-state index contributed by atoms with van der Waals surface area (Å²) in [5.74, 6) is 0.782. The highest BCUT2D eigenvalue weighted by Crippen LogP contribution is 2.30. The van der Waals surface area contributed by atoms with E-state index in [1.807, 2.05) is 24.3 Å². The third-order valence-corrected chi connectivity index (χ3v) is 5.31. The minimum atomic E-state index is -0.154. The molecule has 2 amide bonds. The van der Waals surface area contributed by atoms with E-state index < -0.39 is 0 Å². The van der Waals surface area contributed by atoms with Gasteiger partial charge in [0.15, 0.2) is 0 Å². The third kappa shape index (κ3) is 3.91. The second-order valence-electron chi connectivity index (χ2n) is 6.30. The topological polar surface area (TPSA) is 106 Å². The molecule has 1 aromatic carbocycles. The Morgan fingerprint density at radius 3 is 3.00 bits per heavy atom. The van der Waals surface area contributed by atoms with Gasteiger partial charge in [0, 0.05) is 24.8 Å². The zero-order valence-electron chi connectivity index (χ0n) is 15.2. The highest BCUT2D eigenvalue weighted by atomic mass is 32.2. The lowest BCUT2D eigenvalue weighted by atomic mass is 10.1. The van der Waals surface area contributed by atoms with Crippen LogP contribution in [-0.4, -0.2) is 44.3 Å². The second kappa shape index (κ2) is 7.85. The molecule has 0 spiro atoms. The summed E-state index contributed by atoms with van der Waals surface area (Å²) in [4.78, 5) is 25.7. The van der Waals surface area contributed by atoms with Gasteiger partial charge in [-0.2, -0.15) is 0 Å². The number of carbonyl (C=O) groups excluding carboxylic acids is 2. The third-order valence-electron chi connectivity index (χ3n) is 4.36. The SMILES string of the molecule is CC(=O)N1CCc2cc(NC(=O)CSc3nnnn3Cc3ccco3)ccc21. The van der Waals surface area contributed by atoms with E-state index in [4.69, 9.17) is 4.42 Å². The molecule has 4 rings (SSSR count). The summed E-state index contributed by atoms with van der Waals surface area (Å²) in [5, 5.41) is 15.0. The summed E-state index contributed by atoms with van der Waals surface area (Å²) in [5.41, 5.74) is 2.69. The lowest BCUT2D eigenvalue weighted by Gasteiger charge is -2.15. The number of nitrogens with zero attached hydrogens (tertiary/aromatic N) is 5. The van der Waals surface area contributed by atoms with Crippen molar-refractivity contribution in [2.24, 2.45) is 0 Å². The molecular formula is C18H18N6O3S. The number of benzene rings is 1. The normalized spacial score (nSPS) is 12.8. The molecular weight excluding hydrogens is 380 g/mol. The van der Waals surface area contributed by atoms with Gasteiger partial charge < -0.3 is 14.6 Å². The number of thioether (sulfide) groups is 1. The summed E-state index contributed by atoms with van der Waals surface area (Å²) in [6, 6.07) is 9.23. The lowest BCUT2D eigenvalue weighted by molar-refractivity contribution is -0.116. The van der Waals surface area contributed by atoms with Gasteiger partial charge in [-0.25, -0.2) is 4.68 Å². The maximum absolute atomic E-state index is 12.3. The highest BCUT2D eigenvalue weighted by molar-refractivity contribution is 7.99. The van der Waals surface area contributed by atoms with Gasteiger partial charge in [-0.05, 0) is 52.7 Å². The molecule has 3 heterocycles. The number of fused-ring (bicyclic) bond motifs is 1. The Hall–Kier alpha value is -3.14. The first-order valence-corrected chi connectivity index (χ1v) is 9.71. The lowest BCUT2D eigenvalue weighted by Crippen LogP contribution is -2.25. The first-order chi connectivity index (χ1) is 13.6. The summed E-state index contributed by atoms with van der Waals surface area (Å²) in [7, 11) is 0. The zero-order valence-corrected chi connectivity index (χ0v) is 16.0. The summed E-state index contributed by atoms with van der Waals surface area (Å²) >= 11 is 1.25. The van der Waals surface area contributed by atoms with E-state index in [-0.39, 0.29) is 17.6 Å². The molecule has 0 bridgehead atoms. The molecule has 0 fully saturated rings. The molecule has 1 aliphatic heterocycles. The Bertz CT molecular complexity index is 1000. The number of hydrogen-bond acceptors (Lipinski definition) is 7. The van der Waals surface area contributed by atoms with Crippen molar-refractivity contribution in [2.45, 2.75) is 25.0 Å². The van der Waals surface area contributed by atoms with Gasteiger partial charge in [-0.15, -0.1) is 5.10 Å². The molecule has 0 unspecified atom stereocenters. The van der Waals surface area contributed by atoms with E-state index in [2.05, 4.69) is 20.8 Å². The van der Waals surface area contributed by atoms with Gasteiger partial charge in [0.25, 0.3) is 0 Å². The van der Waals surface area contributed by atoms with Crippen molar-refractivity contribution in [1.29, 1.82) is 0 Å². The smallest absolute Gasteiger partial charge is 0.234 e. The average Bonchev–Trinajstić information content (AvgIpc) is 3.41. The molecule has 0 aliphatic carbocycles. The summed E-state index contributed by atoms with van der Waals surface area (Å²) < 4.78 is 6.88. The van der Waals surface area contributed by atoms with E-state index in [0.29, 0.717) is 23.9 Å². The number of rotatable bonds is 6. The number of nitrogens with one attached hydrogen (secondary N) is 1. The van der Waals surface area contributed by atoms with Gasteiger partial charge in [-0.3, -0.25) is 9.59 Å². The van der Waals surface area contributed by atoms with Crippen molar-refractivity contribution in [3.8, 4) is 0 Å².